The zero-order valence-electron chi connectivity index (χ0n) is 7.97. The molecule has 0 aromatic carbocycles. The van der Waals surface area contributed by atoms with Crippen molar-refractivity contribution >= 4 is 11.6 Å². The van der Waals surface area contributed by atoms with Gasteiger partial charge < -0.3 is 0 Å². The number of nitrogens with zero attached hydrogens (tertiary/aromatic N) is 2. The summed E-state index contributed by atoms with van der Waals surface area (Å²) in [4.78, 5) is 8.77. The molecule has 0 atom stereocenters. The van der Waals surface area contributed by atoms with Gasteiger partial charge in [-0.05, 0) is 26.7 Å². The summed E-state index contributed by atoms with van der Waals surface area (Å²) in [5.41, 5.74) is 2.02. The van der Waals surface area contributed by atoms with Gasteiger partial charge in [-0.25, -0.2) is 9.97 Å². The summed E-state index contributed by atoms with van der Waals surface area (Å²) in [7, 11) is 0. The zero-order valence-corrected chi connectivity index (χ0v) is 8.73. The molecule has 1 aliphatic carbocycles. The van der Waals surface area contributed by atoms with E-state index in [2.05, 4.69) is 9.97 Å². The van der Waals surface area contributed by atoms with Crippen LogP contribution in [0.3, 0.4) is 0 Å². The Balaban J connectivity index is 2.37. The van der Waals surface area contributed by atoms with Crippen LogP contribution < -0.4 is 0 Å². The van der Waals surface area contributed by atoms with Crippen LogP contribution in [0.4, 0.5) is 0 Å². The Labute approximate surface area is 83.4 Å². The average Bonchev–Trinajstić information content (AvgIpc) is 1.96. The summed E-state index contributed by atoms with van der Waals surface area (Å²) < 4.78 is 0. The quantitative estimate of drug-likeness (QED) is 0.646. The first-order valence-electron chi connectivity index (χ1n) is 4.69. The molecule has 0 spiro atoms. The number of aromatic nitrogens is 2. The average molecular weight is 197 g/mol. The van der Waals surface area contributed by atoms with Crippen molar-refractivity contribution in [2.45, 2.75) is 39.0 Å². The molecule has 1 aromatic heterocycles. The molecule has 3 heteroatoms. The molecule has 1 aromatic rings. The molecule has 0 amide bonds. The van der Waals surface area contributed by atoms with Gasteiger partial charge in [0.25, 0.3) is 0 Å². The smallest absolute Gasteiger partial charge is 0.135 e. The van der Waals surface area contributed by atoms with Crippen LogP contribution in [0, 0.1) is 13.8 Å². The fourth-order valence-corrected chi connectivity index (χ4v) is 1.69. The number of rotatable bonds is 1. The highest BCUT2D eigenvalue weighted by Gasteiger charge is 2.23. The summed E-state index contributed by atoms with van der Waals surface area (Å²) in [6.07, 6.45) is 3.75. The van der Waals surface area contributed by atoms with Gasteiger partial charge in [0.2, 0.25) is 0 Å². The molecule has 1 fully saturated rings. The monoisotopic (exact) mass is 196 g/mol. The number of hydrogen-bond acceptors (Lipinski definition) is 2. The Morgan fingerprint density at radius 3 is 2.38 bits per heavy atom. The number of aryl methyl sites for hydroxylation is 1. The van der Waals surface area contributed by atoms with E-state index in [4.69, 9.17) is 11.6 Å². The van der Waals surface area contributed by atoms with Gasteiger partial charge in [0.15, 0.2) is 0 Å². The first kappa shape index (κ1) is 8.95. The summed E-state index contributed by atoms with van der Waals surface area (Å²) >= 11 is 5.99. The number of halogens is 1. The highest BCUT2D eigenvalue weighted by atomic mass is 35.5. The third-order valence-electron chi connectivity index (χ3n) is 2.82. The standard InChI is InChI=1S/C10H13ClN2/c1-6-7(2)12-10(13-9(6)11)8-4-3-5-8/h8H,3-5H2,1-2H3. The highest BCUT2D eigenvalue weighted by molar-refractivity contribution is 6.30. The van der Waals surface area contributed by atoms with Crippen molar-refractivity contribution in [3.05, 3.63) is 22.2 Å². The number of hydrogen-bond donors (Lipinski definition) is 0. The van der Waals surface area contributed by atoms with E-state index in [9.17, 15) is 0 Å². The van der Waals surface area contributed by atoms with Crippen molar-refractivity contribution in [3.63, 3.8) is 0 Å². The van der Waals surface area contributed by atoms with E-state index in [1.807, 2.05) is 13.8 Å². The predicted octanol–water partition coefficient (Wildman–Crippen LogP) is 3.01. The SMILES string of the molecule is Cc1nc(C2CCC2)nc(Cl)c1C. The molecule has 2 rings (SSSR count). The maximum absolute atomic E-state index is 5.99. The van der Waals surface area contributed by atoms with Crippen molar-refractivity contribution in [2.75, 3.05) is 0 Å². The largest absolute Gasteiger partial charge is 0.238 e. The molecule has 0 saturated heterocycles. The molecular weight excluding hydrogens is 184 g/mol. The lowest BCUT2D eigenvalue weighted by molar-refractivity contribution is 0.400. The molecule has 1 aliphatic rings. The third-order valence-corrected chi connectivity index (χ3v) is 3.19. The van der Waals surface area contributed by atoms with Crippen LogP contribution in [0.5, 0.6) is 0 Å². The van der Waals surface area contributed by atoms with E-state index in [0.717, 1.165) is 17.1 Å². The molecule has 0 unspecified atom stereocenters. The molecule has 1 heterocycles. The Bertz CT molecular complexity index is 309. The van der Waals surface area contributed by atoms with Crippen molar-refractivity contribution in [1.82, 2.24) is 9.97 Å². The van der Waals surface area contributed by atoms with E-state index < -0.39 is 0 Å². The van der Waals surface area contributed by atoms with Crippen LogP contribution in [0.15, 0.2) is 0 Å². The van der Waals surface area contributed by atoms with E-state index in [0.29, 0.717) is 11.1 Å². The highest BCUT2D eigenvalue weighted by Crippen LogP contribution is 2.35. The molecule has 1 saturated carbocycles. The van der Waals surface area contributed by atoms with E-state index >= 15 is 0 Å². The molecule has 0 bridgehead atoms. The molecule has 2 nitrogen and oxygen atoms in total. The Morgan fingerprint density at radius 1 is 1.23 bits per heavy atom. The van der Waals surface area contributed by atoms with E-state index in [-0.39, 0.29) is 0 Å². The van der Waals surface area contributed by atoms with Gasteiger partial charge in [0, 0.05) is 17.2 Å². The maximum atomic E-state index is 5.99. The maximum Gasteiger partial charge on any atom is 0.135 e. The topological polar surface area (TPSA) is 25.8 Å². The van der Waals surface area contributed by atoms with Crippen LogP contribution in [-0.2, 0) is 0 Å². The predicted molar refractivity (Wildman–Crippen MR) is 53.1 cm³/mol. The fourth-order valence-electron chi connectivity index (χ4n) is 1.46. The van der Waals surface area contributed by atoms with Gasteiger partial charge in [-0.2, -0.15) is 0 Å². The zero-order chi connectivity index (χ0) is 9.42. The second-order valence-electron chi connectivity index (χ2n) is 3.71. The van der Waals surface area contributed by atoms with Crippen LogP contribution in [0.25, 0.3) is 0 Å². The lowest BCUT2D eigenvalue weighted by Gasteiger charge is -2.24. The molecule has 13 heavy (non-hydrogen) atoms. The van der Waals surface area contributed by atoms with Crippen LogP contribution in [-0.4, -0.2) is 9.97 Å². The summed E-state index contributed by atoms with van der Waals surface area (Å²) in [5.74, 6) is 1.51. The lowest BCUT2D eigenvalue weighted by Crippen LogP contribution is -2.13. The second-order valence-corrected chi connectivity index (χ2v) is 4.07. The van der Waals surface area contributed by atoms with Gasteiger partial charge in [0.05, 0.1) is 0 Å². The summed E-state index contributed by atoms with van der Waals surface area (Å²) in [5, 5.41) is 0.620. The summed E-state index contributed by atoms with van der Waals surface area (Å²) in [6, 6.07) is 0. The molecular formula is C10H13ClN2. The molecule has 0 radical (unpaired) electrons. The van der Waals surface area contributed by atoms with Crippen LogP contribution in [0.2, 0.25) is 5.15 Å². The lowest BCUT2D eigenvalue weighted by atomic mass is 9.85. The fraction of sp³-hybridized carbons (Fsp3) is 0.600. The van der Waals surface area contributed by atoms with Gasteiger partial charge >= 0.3 is 0 Å². The van der Waals surface area contributed by atoms with Crippen molar-refractivity contribution in [2.24, 2.45) is 0 Å². The minimum Gasteiger partial charge on any atom is -0.238 e. The first-order chi connectivity index (χ1) is 6.18. The van der Waals surface area contributed by atoms with E-state index in [1.54, 1.807) is 0 Å². The molecule has 70 valence electrons. The first-order valence-corrected chi connectivity index (χ1v) is 5.07. The van der Waals surface area contributed by atoms with Gasteiger partial charge in [-0.1, -0.05) is 18.0 Å². The normalized spacial score (nSPS) is 17.2. The minimum atomic E-state index is 0.566. The van der Waals surface area contributed by atoms with Crippen molar-refractivity contribution in [3.8, 4) is 0 Å². The Kier molecular flexibility index (Phi) is 2.24. The van der Waals surface area contributed by atoms with Crippen molar-refractivity contribution < 1.29 is 0 Å². The van der Waals surface area contributed by atoms with E-state index in [1.165, 1.54) is 19.3 Å². The Morgan fingerprint density at radius 2 is 1.92 bits per heavy atom. The van der Waals surface area contributed by atoms with Crippen molar-refractivity contribution in [1.29, 1.82) is 0 Å². The Hall–Kier alpha value is -0.630. The minimum absolute atomic E-state index is 0.566. The third kappa shape index (κ3) is 1.55. The van der Waals surface area contributed by atoms with Gasteiger partial charge in [0.1, 0.15) is 11.0 Å². The second kappa shape index (κ2) is 3.26. The van der Waals surface area contributed by atoms with Crippen LogP contribution in [0.1, 0.15) is 42.3 Å². The summed E-state index contributed by atoms with van der Waals surface area (Å²) in [6.45, 7) is 3.95. The van der Waals surface area contributed by atoms with Gasteiger partial charge in [-0.3, -0.25) is 0 Å². The van der Waals surface area contributed by atoms with Crippen LogP contribution >= 0.6 is 11.6 Å². The molecule has 0 aliphatic heterocycles. The molecule has 0 N–H and O–H groups in total. The van der Waals surface area contributed by atoms with Gasteiger partial charge in [-0.15, -0.1) is 0 Å².